The molecule has 0 radical (unpaired) electrons. The number of sulfonamides is 1. The summed E-state index contributed by atoms with van der Waals surface area (Å²) in [4.78, 5) is 26.6. The van der Waals surface area contributed by atoms with Crippen LogP contribution in [-0.4, -0.2) is 64.2 Å². The van der Waals surface area contributed by atoms with Gasteiger partial charge < -0.3 is 15.0 Å². The molecular formula is C20H22ClN3O5S. The lowest BCUT2D eigenvalue weighted by molar-refractivity contribution is -0.114. The first-order chi connectivity index (χ1) is 14.2. The molecule has 1 aliphatic rings. The molecule has 0 aliphatic carbocycles. The molecule has 0 unspecified atom stereocenters. The molecule has 30 heavy (non-hydrogen) atoms. The third-order valence-corrected chi connectivity index (χ3v) is 5.91. The third kappa shape index (κ3) is 5.71. The van der Waals surface area contributed by atoms with Crippen molar-refractivity contribution in [2.24, 2.45) is 0 Å². The fourth-order valence-corrected chi connectivity index (χ4v) is 3.97. The summed E-state index contributed by atoms with van der Waals surface area (Å²) in [5, 5.41) is 3.16. The molecule has 3 rings (SSSR count). The standard InChI is InChI=1S/C20H22ClN3O5S/c1-30(27,28)24(14-19(25)22-17-6-4-16(21)5-7-17)18-8-2-15(3-9-18)20(26)23-10-12-29-13-11-23/h2-9H,10-14H2,1H3,(H,22,25). The van der Waals surface area contributed by atoms with Gasteiger partial charge in [-0.3, -0.25) is 13.9 Å². The van der Waals surface area contributed by atoms with Gasteiger partial charge in [0.25, 0.3) is 5.91 Å². The molecule has 2 aromatic rings. The third-order valence-electron chi connectivity index (χ3n) is 4.52. The van der Waals surface area contributed by atoms with E-state index >= 15 is 0 Å². The number of hydrogen-bond donors (Lipinski definition) is 1. The van der Waals surface area contributed by atoms with Gasteiger partial charge in [-0.05, 0) is 48.5 Å². The summed E-state index contributed by atoms with van der Waals surface area (Å²) in [6, 6.07) is 12.6. The van der Waals surface area contributed by atoms with Crippen molar-refractivity contribution in [1.29, 1.82) is 0 Å². The predicted octanol–water partition coefficient (Wildman–Crippen LogP) is 2.22. The molecule has 1 N–H and O–H groups in total. The average Bonchev–Trinajstić information content (AvgIpc) is 2.73. The number of nitrogens with zero attached hydrogens (tertiary/aromatic N) is 2. The van der Waals surface area contributed by atoms with Crippen LogP contribution in [0.15, 0.2) is 48.5 Å². The summed E-state index contributed by atoms with van der Waals surface area (Å²) in [5.41, 5.74) is 1.24. The van der Waals surface area contributed by atoms with E-state index in [1.165, 1.54) is 12.1 Å². The van der Waals surface area contributed by atoms with Crippen LogP contribution in [-0.2, 0) is 19.6 Å². The number of amides is 2. The molecule has 1 heterocycles. The van der Waals surface area contributed by atoms with Crippen LogP contribution in [0.2, 0.25) is 5.02 Å². The maximum Gasteiger partial charge on any atom is 0.254 e. The Labute approximate surface area is 180 Å². The Kier molecular flexibility index (Phi) is 6.96. The fraction of sp³-hybridized carbons (Fsp3) is 0.300. The zero-order chi connectivity index (χ0) is 21.7. The van der Waals surface area contributed by atoms with Gasteiger partial charge >= 0.3 is 0 Å². The van der Waals surface area contributed by atoms with Crippen molar-refractivity contribution in [3.63, 3.8) is 0 Å². The Morgan fingerprint density at radius 1 is 1.07 bits per heavy atom. The highest BCUT2D eigenvalue weighted by molar-refractivity contribution is 7.92. The number of morpholine rings is 1. The second-order valence-electron chi connectivity index (χ2n) is 6.78. The van der Waals surface area contributed by atoms with Crippen LogP contribution in [0, 0.1) is 0 Å². The lowest BCUT2D eigenvalue weighted by Crippen LogP contribution is -2.40. The van der Waals surface area contributed by atoms with Crippen molar-refractivity contribution >= 4 is 44.8 Å². The summed E-state index contributed by atoms with van der Waals surface area (Å²) in [6.07, 6.45) is 1.02. The van der Waals surface area contributed by atoms with Crippen LogP contribution in [0.5, 0.6) is 0 Å². The van der Waals surface area contributed by atoms with Crippen molar-refractivity contribution in [2.45, 2.75) is 0 Å². The minimum atomic E-state index is -3.73. The Balaban J connectivity index is 1.72. The fourth-order valence-electron chi connectivity index (χ4n) is 2.98. The Morgan fingerprint density at radius 3 is 2.23 bits per heavy atom. The molecule has 10 heteroatoms. The first-order valence-electron chi connectivity index (χ1n) is 9.24. The molecule has 0 aromatic heterocycles. The monoisotopic (exact) mass is 451 g/mol. The van der Waals surface area contributed by atoms with Gasteiger partial charge in [0, 0.05) is 29.4 Å². The Morgan fingerprint density at radius 2 is 1.67 bits per heavy atom. The molecule has 2 aromatic carbocycles. The van der Waals surface area contributed by atoms with Gasteiger partial charge in [0.2, 0.25) is 15.9 Å². The first kappa shape index (κ1) is 22.1. The highest BCUT2D eigenvalue weighted by Gasteiger charge is 2.23. The largest absolute Gasteiger partial charge is 0.378 e. The predicted molar refractivity (Wildman–Crippen MR) is 115 cm³/mol. The molecule has 1 aliphatic heterocycles. The van der Waals surface area contributed by atoms with E-state index in [2.05, 4.69) is 5.32 Å². The van der Waals surface area contributed by atoms with Gasteiger partial charge in [-0.2, -0.15) is 0 Å². The lowest BCUT2D eigenvalue weighted by Gasteiger charge is -2.27. The van der Waals surface area contributed by atoms with Crippen molar-refractivity contribution < 1.29 is 22.7 Å². The van der Waals surface area contributed by atoms with E-state index in [-0.39, 0.29) is 5.91 Å². The highest BCUT2D eigenvalue weighted by atomic mass is 35.5. The molecule has 0 atom stereocenters. The number of carbonyl (C=O) groups is 2. The SMILES string of the molecule is CS(=O)(=O)N(CC(=O)Nc1ccc(Cl)cc1)c1ccc(C(=O)N2CCOCC2)cc1. The van der Waals surface area contributed by atoms with Gasteiger partial charge in [0.1, 0.15) is 6.54 Å². The first-order valence-corrected chi connectivity index (χ1v) is 11.5. The van der Waals surface area contributed by atoms with E-state index in [0.717, 1.165) is 10.6 Å². The molecule has 2 amide bonds. The summed E-state index contributed by atoms with van der Waals surface area (Å²) in [5.74, 6) is -0.646. The number of hydrogen-bond acceptors (Lipinski definition) is 5. The molecule has 0 spiro atoms. The van der Waals surface area contributed by atoms with Gasteiger partial charge in [0.05, 0.1) is 25.2 Å². The Hall–Kier alpha value is -2.62. The topological polar surface area (TPSA) is 96.0 Å². The maximum absolute atomic E-state index is 12.5. The van der Waals surface area contributed by atoms with Crippen molar-refractivity contribution in [3.8, 4) is 0 Å². The van der Waals surface area contributed by atoms with E-state index in [9.17, 15) is 18.0 Å². The van der Waals surface area contributed by atoms with Gasteiger partial charge in [-0.1, -0.05) is 11.6 Å². The van der Waals surface area contributed by atoms with Crippen molar-refractivity contribution in [1.82, 2.24) is 4.90 Å². The van der Waals surface area contributed by atoms with Crippen LogP contribution in [0.4, 0.5) is 11.4 Å². The second-order valence-corrected chi connectivity index (χ2v) is 9.12. The van der Waals surface area contributed by atoms with Crippen LogP contribution in [0.3, 0.4) is 0 Å². The van der Waals surface area contributed by atoms with Crippen LogP contribution >= 0.6 is 11.6 Å². The number of carbonyl (C=O) groups excluding carboxylic acids is 2. The van der Waals surface area contributed by atoms with Crippen molar-refractivity contribution in [3.05, 3.63) is 59.1 Å². The summed E-state index contributed by atoms with van der Waals surface area (Å²) >= 11 is 5.82. The van der Waals surface area contributed by atoms with E-state index in [1.54, 1.807) is 41.3 Å². The van der Waals surface area contributed by atoms with Crippen LogP contribution in [0.1, 0.15) is 10.4 Å². The minimum absolute atomic E-state index is 0.142. The molecule has 1 saturated heterocycles. The van der Waals surface area contributed by atoms with Gasteiger partial charge in [0.15, 0.2) is 0 Å². The van der Waals surface area contributed by atoms with E-state index in [4.69, 9.17) is 16.3 Å². The van der Waals surface area contributed by atoms with Crippen LogP contribution in [0.25, 0.3) is 0 Å². The number of rotatable bonds is 6. The number of anilines is 2. The summed E-state index contributed by atoms with van der Waals surface area (Å²) < 4.78 is 30.8. The summed E-state index contributed by atoms with van der Waals surface area (Å²) in [6.45, 7) is 1.61. The molecule has 8 nitrogen and oxygen atoms in total. The lowest BCUT2D eigenvalue weighted by atomic mass is 10.1. The van der Waals surface area contributed by atoms with E-state index < -0.39 is 22.5 Å². The molecular weight excluding hydrogens is 430 g/mol. The summed E-state index contributed by atoms with van der Waals surface area (Å²) in [7, 11) is -3.73. The molecule has 0 saturated carbocycles. The normalized spacial score (nSPS) is 14.3. The van der Waals surface area contributed by atoms with Crippen molar-refractivity contribution in [2.75, 3.05) is 48.7 Å². The number of nitrogens with one attached hydrogen (secondary N) is 1. The second kappa shape index (κ2) is 9.46. The minimum Gasteiger partial charge on any atom is -0.378 e. The molecule has 160 valence electrons. The highest BCUT2D eigenvalue weighted by Crippen LogP contribution is 2.20. The molecule has 0 bridgehead atoms. The molecule has 1 fully saturated rings. The Bertz CT molecular complexity index is 1000. The van der Waals surface area contributed by atoms with Crippen LogP contribution < -0.4 is 9.62 Å². The smallest absolute Gasteiger partial charge is 0.254 e. The van der Waals surface area contributed by atoms with Gasteiger partial charge in [-0.25, -0.2) is 8.42 Å². The van der Waals surface area contributed by atoms with E-state index in [0.29, 0.717) is 48.3 Å². The quantitative estimate of drug-likeness (QED) is 0.726. The van der Waals surface area contributed by atoms with Gasteiger partial charge in [-0.15, -0.1) is 0 Å². The average molecular weight is 452 g/mol. The maximum atomic E-state index is 12.5. The number of ether oxygens (including phenoxy) is 1. The number of halogens is 1. The zero-order valence-corrected chi connectivity index (χ0v) is 17.9. The zero-order valence-electron chi connectivity index (χ0n) is 16.4. The van der Waals surface area contributed by atoms with E-state index in [1.807, 2.05) is 0 Å². The number of benzene rings is 2.